The summed E-state index contributed by atoms with van der Waals surface area (Å²) in [6.45, 7) is 11.2. The van der Waals surface area contributed by atoms with Crippen LogP contribution in [0.15, 0.2) is 29.4 Å². The van der Waals surface area contributed by atoms with Gasteiger partial charge >= 0.3 is 0 Å². The smallest absolute Gasteiger partial charge is 0.230 e. The highest BCUT2D eigenvalue weighted by Crippen LogP contribution is 2.25. The first kappa shape index (κ1) is 19.5. The van der Waals surface area contributed by atoms with E-state index in [0.29, 0.717) is 5.75 Å². The predicted octanol–water partition coefficient (Wildman–Crippen LogP) is 4.06. The molecule has 136 valence electrons. The molecule has 25 heavy (non-hydrogen) atoms. The molecule has 0 spiro atoms. The monoisotopic (exact) mass is 360 g/mol. The van der Waals surface area contributed by atoms with Gasteiger partial charge in [0.25, 0.3) is 0 Å². The molecule has 0 unspecified atom stereocenters. The number of benzene rings is 1. The predicted molar refractivity (Wildman–Crippen MR) is 104 cm³/mol. The van der Waals surface area contributed by atoms with Crippen molar-refractivity contribution < 1.29 is 4.79 Å². The lowest BCUT2D eigenvalue weighted by molar-refractivity contribution is -0.120. The Balaban J connectivity index is 2.15. The van der Waals surface area contributed by atoms with Crippen LogP contribution in [-0.2, 0) is 11.3 Å². The first-order valence-electron chi connectivity index (χ1n) is 8.80. The van der Waals surface area contributed by atoms with Crippen LogP contribution in [0.2, 0.25) is 0 Å². The number of rotatable bonds is 8. The number of carbonyl (C=O) groups is 1. The third-order valence-electron chi connectivity index (χ3n) is 4.13. The maximum atomic E-state index is 12.2. The van der Waals surface area contributed by atoms with Crippen molar-refractivity contribution in [3.63, 3.8) is 0 Å². The molecule has 0 aliphatic rings. The van der Waals surface area contributed by atoms with Crippen LogP contribution in [0.25, 0.3) is 11.4 Å². The molecular formula is C19H28N4OS. The van der Waals surface area contributed by atoms with Crippen molar-refractivity contribution in [2.24, 2.45) is 0 Å². The minimum absolute atomic E-state index is 0.0278. The maximum absolute atomic E-state index is 12.2. The van der Waals surface area contributed by atoms with Crippen LogP contribution in [0.1, 0.15) is 46.1 Å². The van der Waals surface area contributed by atoms with Crippen LogP contribution in [0.4, 0.5) is 0 Å². The molecule has 1 amide bonds. The molecule has 1 aromatic carbocycles. The zero-order chi connectivity index (χ0) is 18.4. The van der Waals surface area contributed by atoms with Crippen molar-refractivity contribution in [2.45, 2.75) is 64.7 Å². The Morgan fingerprint density at radius 1 is 1.28 bits per heavy atom. The molecule has 2 rings (SSSR count). The van der Waals surface area contributed by atoms with E-state index in [4.69, 9.17) is 0 Å². The van der Waals surface area contributed by atoms with Crippen LogP contribution in [-0.4, -0.2) is 32.0 Å². The third-order valence-corrected chi connectivity index (χ3v) is 5.10. The Bertz CT molecular complexity index is 724. The van der Waals surface area contributed by atoms with E-state index in [1.807, 2.05) is 26.0 Å². The standard InChI is InChI=1S/C19H28N4OS/c1-6-11-23-17(15-10-8-9-14(3)12-15)21-22-18(23)25-13-16(24)20-19(4,5)7-2/h8-10,12H,6-7,11,13H2,1-5H3,(H,20,24). The van der Waals surface area contributed by atoms with E-state index in [1.165, 1.54) is 17.3 Å². The largest absolute Gasteiger partial charge is 0.351 e. The van der Waals surface area contributed by atoms with E-state index in [1.54, 1.807) is 0 Å². The Morgan fingerprint density at radius 3 is 2.68 bits per heavy atom. The van der Waals surface area contributed by atoms with E-state index in [9.17, 15) is 4.79 Å². The Hall–Kier alpha value is -1.82. The number of carbonyl (C=O) groups excluding carboxylic acids is 1. The highest BCUT2D eigenvalue weighted by Gasteiger charge is 2.19. The van der Waals surface area contributed by atoms with Gasteiger partial charge in [-0.15, -0.1) is 10.2 Å². The fourth-order valence-electron chi connectivity index (χ4n) is 2.45. The van der Waals surface area contributed by atoms with Gasteiger partial charge in [0.1, 0.15) is 0 Å². The normalized spacial score (nSPS) is 11.6. The molecular weight excluding hydrogens is 332 g/mol. The SMILES string of the molecule is CCCn1c(SCC(=O)NC(C)(C)CC)nnc1-c1cccc(C)c1. The van der Waals surface area contributed by atoms with Crippen LogP contribution >= 0.6 is 11.8 Å². The number of aromatic nitrogens is 3. The second-order valence-corrected chi connectivity index (χ2v) is 7.84. The molecule has 5 nitrogen and oxygen atoms in total. The van der Waals surface area contributed by atoms with Crippen molar-refractivity contribution in [3.05, 3.63) is 29.8 Å². The van der Waals surface area contributed by atoms with Crippen molar-refractivity contribution in [1.29, 1.82) is 0 Å². The van der Waals surface area contributed by atoms with E-state index in [-0.39, 0.29) is 11.4 Å². The summed E-state index contributed by atoms with van der Waals surface area (Å²) >= 11 is 1.44. The number of aryl methyl sites for hydroxylation is 1. The van der Waals surface area contributed by atoms with Crippen LogP contribution < -0.4 is 5.32 Å². The van der Waals surface area contributed by atoms with Crippen LogP contribution in [0.3, 0.4) is 0 Å². The molecule has 1 heterocycles. The maximum Gasteiger partial charge on any atom is 0.230 e. The second kappa shape index (κ2) is 8.52. The first-order chi connectivity index (χ1) is 11.9. The summed E-state index contributed by atoms with van der Waals surface area (Å²) in [5, 5.41) is 12.6. The summed E-state index contributed by atoms with van der Waals surface area (Å²) in [6, 6.07) is 8.26. The Labute approximate surface area is 154 Å². The second-order valence-electron chi connectivity index (χ2n) is 6.90. The van der Waals surface area contributed by atoms with Crippen LogP contribution in [0, 0.1) is 6.92 Å². The fraction of sp³-hybridized carbons (Fsp3) is 0.526. The van der Waals surface area contributed by atoms with Gasteiger partial charge in [0.2, 0.25) is 5.91 Å². The van der Waals surface area contributed by atoms with E-state index < -0.39 is 0 Å². The van der Waals surface area contributed by atoms with Crippen molar-refractivity contribution >= 4 is 17.7 Å². The van der Waals surface area contributed by atoms with Gasteiger partial charge in [-0.25, -0.2) is 0 Å². The van der Waals surface area contributed by atoms with Crippen molar-refractivity contribution in [2.75, 3.05) is 5.75 Å². The molecule has 0 aliphatic carbocycles. The number of hydrogen-bond acceptors (Lipinski definition) is 4. The molecule has 1 aromatic heterocycles. The highest BCUT2D eigenvalue weighted by atomic mass is 32.2. The number of amides is 1. The number of thioether (sulfide) groups is 1. The average molecular weight is 361 g/mol. The number of nitrogens with zero attached hydrogens (tertiary/aromatic N) is 3. The summed E-state index contributed by atoms with van der Waals surface area (Å²) in [7, 11) is 0. The molecule has 0 radical (unpaired) electrons. The first-order valence-corrected chi connectivity index (χ1v) is 9.79. The van der Waals surface area contributed by atoms with Gasteiger partial charge in [-0.2, -0.15) is 0 Å². The quantitative estimate of drug-likeness (QED) is 0.721. The molecule has 0 fully saturated rings. The minimum atomic E-state index is -0.179. The molecule has 0 atom stereocenters. The van der Waals surface area contributed by atoms with Crippen molar-refractivity contribution in [1.82, 2.24) is 20.1 Å². The average Bonchev–Trinajstić information content (AvgIpc) is 2.96. The molecule has 6 heteroatoms. The molecule has 0 saturated heterocycles. The van der Waals surface area contributed by atoms with Gasteiger partial charge < -0.3 is 9.88 Å². The van der Waals surface area contributed by atoms with Crippen LogP contribution in [0.5, 0.6) is 0 Å². The summed E-state index contributed by atoms with van der Waals surface area (Å²) in [4.78, 5) is 12.2. The van der Waals surface area contributed by atoms with Crippen molar-refractivity contribution in [3.8, 4) is 11.4 Å². The lowest BCUT2D eigenvalue weighted by atomic mass is 10.0. The molecule has 1 N–H and O–H groups in total. The van der Waals surface area contributed by atoms with Gasteiger partial charge in [-0.05, 0) is 39.7 Å². The Morgan fingerprint density at radius 2 is 2.04 bits per heavy atom. The summed E-state index contributed by atoms with van der Waals surface area (Å²) in [5.41, 5.74) is 2.07. The highest BCUT2D eigenvalue weighted by molar-refractivity contribution is 7.99. The molecule has 0 bridgehead atoms. The third kappa shape index (κ3) is 5.33. The summed E-state index contributed by atoms with van der Waals surface area (Å²) < 4.78 is 2.11. The zero-order valence-corrected chi connectivity index (χ0v) is 16.6. The van der Waals surface area contributed by atoms with E-state index in [0.717, 1.165) is 35.9 Å². The molecule has 0 saturated carbocycles. The van der Waals surface area contributed by atoms with Gasteiger partial charge in [0.15, 0.2) is 11.0 Å². The zero-order valence-electron chi connectivity index (χ0n) is 15.8. The molecule has 2 aromatic rings. The molecule has 0 aliphatic heterocycles. The number of hydrogen-bond donors (Lipinski definition) is 1. The van der Waals surface area contributed by atoms with Gasteiger partial charge in [-0.3, -0.25) is 4.79 Å². The van der Waals surface area contributed by atoms with Gasteiger partial charge in [0.05, 0.1) is 5.75 Å². The topological polar surface area (TPSA) is 59.8 Å². The fourth-order valence-corrected chi connectivity index (χ4v) is 3.21. The summed E-state index contributed by atoms with van der Waals surface area (Å²) in [5.74, 6) is 1.24. The van der Waals surface area contributed by atoms with Gasteiger partial charge in [0, 0.05) is 17.6 Å². The lowest BCUT2D eigenvalue weighted by Crippen LogP contribution is -2.43. The summed E-state index contributed by atoms with van der Waals surface area (Å²) in [6.07, 6.45) is 1.88. The minimum Gasteiger partial charge on any atom is -0.351 e. The Kier molecular flexibility index (Phi) is 6.64. The van der Waals surface area contributed by atoms with Gasteiger partial charge in [-0.1, -0.05) is 49.4 Å². The lowest BCUT2D eigenvalue weighted by Gasteiger charge is -2.24. The van der Waals surface area contributed by atoms with E-state index >= 15 is 0 Å². The van der Waals surface area contributed by atoms with E-state index in [2.05, 4.69) is 53.0 Å². The number of nitrogens with one attached hydrogen (secondary N) is 1.